The molecule has 0 atom stereocenters. The molecule has 0 aliphatic carbocycles. The second-order valence-corrected chi connectivity index (χ2v) is 19.3. The summed E-state index contributed by atoms with van der Waals surface area (Å²) in [6.07, 6.45) is 0. The fourth-order valence-corrected chi connectivity index (χ4v) is 7.45. The SMILES string of the molecule is [Cr].[NH-]c1cc(N)c(N=Nc2cc([N+](=O)[O-])cc(S(=O)(=O)O)c2O)cc1N=Nc1ccc(S(=O)(=O)O)cc1.[NH-]c1cc(N)c(N=Nc2cc([N+](=O)[O-])cc(S(=O)(=O)O)c2O)cc1N=Nc1ccc(S(=O)(=O)O)cc1.[Na+].[Na+].[Na+].[Na+].[Na+]. The summed E-state index contributed by atoms with van der Waals surface area (Å²) in [7, 11) is -18.9. The van der Waals surface area contributed by atoms with E-state index in [0.29, 0.717) is 24.3 Å². The van der Waals surface area contributed by atoms with Crippen LogP contribution in [-0.2, 0) is 57.8 Å². The van der Waals surface area contributed by atoms with Gasteiger partial charge in [-0.1, -0.05) is 0 Å². The standard InChI is InChI=1S/2C18H14N7O9S2.Cr.5Na/c2*19-12-7-13(20)15(8-14(12)22-21-9-1-3-11(4-2-9)35(29,30)31)23-24-16-5-10(25(27)28)6-17(18(16)26)36(32,33)34;;;;;;/h2*1-8H,(H6-,19,20,21,22,23,24,26,29,30,31,32,33,34);;;;;;/q2*-1;;5*+1. The molecule has 0 spiro atoms. The molecule has 0 saturated carbocycles. The van der Waals surface area contributed by atoms with E-state index in [4.69, 9.17) is 32.0 Å². The Bertz CT molecular complexity index is 3550. The smallest absolute Gasteiger partial charge is 0.697 e. The molecule has 0 bridgehead atoms. The summed E-state index contributed by atoms with van der Waals surface area (Å²) in [5, 5.41) is 72.3. The molecule has 0 aliphatic rings. The number of nitrogens with one attached hydrogen (secondary N) is 2. The Morgan fingerprint density at radius 2 is 0.679 bits per heavy atom. The van der Waals surface area contributed by atoms with Crippen molar-refractivity contribution in [2.24, 2.45) is 40.9 Å². The Morgan fingerprint density at radius 1 is 0.410 bits per heavy atom. The van der Waals surface area contributed by atoms with E-state index in [1.807, 2.05) is 0 Å². The first kappa shape index (κ1) is 76.6. The Labute approximate surface area is 561 Å². The fraction of sp³-hybridized carbons (Fsp3) is 0. The van der Waals surface area contributed by atoms with Gasteiger partial charge in [0.15, 0.2) is 11.5 Å². The van der Waals surface area contributed by atoms with Crippen LogP contribution in [-0.4, -0.2) is 71.9 Å². The van der Waals surface area contributed by atoms with Crippen molar-refractivity contribution in [2.75, 3.05) is 11.5 Å². The number of hydrogen-bond donors (Lipinski definition) is 8. The molecule has 0 fully saturated rings. The molecule has 0 radical (unpaired) electrons. The number of benzene rings is 6. The van der Waals surface area contributed by atoms with Crippen molar-refractivity contribution in [2.45, 2.75) is 19.6 Å². The number of phenolic OH excluding ortho intramolecular Hbond substituents is 2. The molecule has 0 aliphatic heterocycles. The minimum absolute atomic E-state index is 0. The van der Waals surface area contributed by atoms with Gasteiger partial charge < -0.3 is 33.1 Å². The number of azo groups is 4. The summed E-state index contributed by atoms with van der Waals surface area (Å²) >= 11 is 0. The zero-order valence-corrected chi connectivity index (χ0v) is 55.0. The van der Waals surface area contributed by atoms with Gasteiger partial charge in [-0.2, -0.15) is 54.1 Å². The van der Waals surface area contributed by atoms with Gasteiger partial charge in [-0.25, -0.2) is 0 Å². The first-order valence-corrected chi connectivity index (χ1v) is 24.2. The van der Waals surface area contributed by atoms with Crippen LogP contribution in [0.4, 0.5) is 79.6 Å². The number of phenols is 2. The first-order chi connectivity index (χ1) is 33.3. The Morgan fingerprint density at radius 3 is 0.936 bits per heavy atom. The maximum atomic E-state index is 11.4. The zero-order chi connectivity index (χ0) is 53.7. The van der Waals surface area contributed by atoms with E-state index >= 15 is 0 Å². The van der Waals surface area contributed by atoms with Crippen LogP contribution >= 0.6 is 0 Å². The third-order valence-corrected chi connectivity index (χ3v) is 12.2. The molecule has 78 heavy (non-hydrogen) atoms. The number of hydrogen-bond acceptors (Lipinski definition) is 24. The molecule has 32 nitrogen and oxygen atoms in total. The zero-order valence-electron chi connectivity index (χ0n) is 40.5. The predicted octanol–water partition coefficient (Wildman–Crippen LogP) is -5.20. The third-order valence-electron chi connectivity index (χ3n) is 8.69. The van der Waals surface area contributed by atoms with E-state index in [0.717, 1.165) is 48.5 Å². The van der Waals surface area contributed by atoms with E-state index < -0.39 is 94.4 Å². The summed E-state index contributed by atoms with van der Waals surface area (Å²) in [6, 6.07) is 16.1. The predicted molar refractivity (Wildman–Crippen MR) is 248 cm³/mol. The molecule has 0 unspecified atom stereocenters. The number of nitrogens with two attached hydrogens (primary N) is 2. The van der Waals surface area contributed by atoms with E-state index in [-0.39, 0.29) is 232 Å². The van der Waals surface area contributed by atoms with Crippen LogP contribution in [0.15, 0.2) is 158 Å². The van der Waals surface area contributed by atoms with E-state index in [1.165, 1.54) is 24.3 Å². The van der Waals surface area contributed by atoms with Gasteiger partial charge in [-0.05, 0) is 72.8 Å². The van der Waals surface area contributed by atoms with Gasteiger partial charge in [0.05, 0.1) is 53.8 Å². The van der Waals surface area contributed by atoms with Crippen molar-refractivity contribution in [3.8, 4) is 11.5 Å². The van der Waals surface area contributed by atoms with Crippen LogP contribution in [0.1, 0.15) is 0 Å². The number of nitrogen functional groups attached to an aromatic ring is 2. The maximum absolute atomic E-state index is 11.4. The van der Waals surface area contributed by atoms with Crippen LogP contribution in [0.2, 0.25) is 0 Å². The number of nitrogens with zero attached hydrogens (tertiary/aromatic N) is 10. The van der Waals surface area contributed by atoms with E-state index in [9.17, 15) is 73.2 Å². The Kier molecular flexibility index (Phi) is 31.1. The summed E-state index contributed by atoms with van der Waals surface area (Å²) < 4.78 is 127. The van der Waals surface area contributed by atoms with Crippen molar-refractivity contribution in [3.63, 3.8) is 0 Å². The minimum Gasteiger partial charge on any atom is -0.697 e. The Balaban J connectivity index is 0. The molecule has 6 aromatic rings. The van der Waals surface area contributed by atoms with Crippen molar-refractivity contribution in [1.82, 2.24) is 0 Å². The summed E-state index contributed by atoms with van der Waals surface area (Å²) in [5.74, 6) is -2.20. The van der Waals surface area contributed by atoms with Crippen LogP contribution in [0.3, 0.4) is 0 Å². The molecular weight excluding hydrogens is 1210 g/mol. The first-order valence-electron chi connectivity index (χ1n) is 18.4. The van der Waals surface area contributed by atoms with Gasteiger partial charge in [0, 0.05) is 41.6 Å². The average Bonchev–Trinajstić information content (AvgIpc) is 3.27. The molecule has 6 aromatic carbocycles. The number of aromatic hydroxyl groups is 2. The Hall–Kier alpha value is -3.51. The van der Waals surface area contributed by atoms with Gasteiger partial charge in [-0.3, -0.25) is 38.4 Å². The molecule has 12 N–H and O–H groups in total. The minimum atomic E-state index is -5.04. The van der Waals surface area contributed by atoms with Gasteiger partial charge in [-0.15, -0.1) is 31.8 Å². The number of non-ortho nitro benzene ring substituents is 2. The number of nitro groups is 2. The topological polar surface area (TPSA) is 543 Å². The van der Waals surface area contributed by atoms with Crippen molar-refractivity contribution in [3.05, 3.63) is 129 Å². The fourth-order valence-electron chi connectivity index (χ4n) is 5.25. The average molecular weight is 1240 g/mol. The van der Waals surface area contributed by atoms with Crippen LogP contribution in [0.25, 0.3) is 11.5 Å². The molecule has 0 amide bonds. The largest absolute Gasteiger partial charge is 1.00 e. The molecule has 0 aromatic heterocycles. The van der Waals surface area contributed by atoms with Crippen LogP contribution in [0, 0.1) is 20.2 Å². The molecular formula is C36H28CrN14Na5O18S4+3. The van der Waals surface area contributed by atoms with Gasteiger partial charge in [0.1, 0.15) is 32.5 Å². The van der Waals surface area contributed by atoms with Crippen molar-refractivity contribution >= 4 is 120 Å². The van der Waals surface area contributed by atoms with Gasteiger partial charge >= 0.3 is 148 Å². The summed E-state index contributed by atoms with van der Waals surface area (Å²) in [6.45, 7) is 0. The normalized spacial score (nSPS) is 11.4. The maximum Gasteiger partial charge on any atom is 1.00 e. The van der Waals surface area contributed by atoms with Gasteiger partial charge in [0.2, 0.25) is 0 Å². The molecule has 0 heterocycles. The van der Waals surface area contributed by atoms with Crippen molar-refractivity contribution in [1.29, 1.82) is 0 Å². The van der Waals surface area contributed by atoms with Gasteiger partial charge in [0.25, 0.3) is 51.8 Å². The quantitative estimate of drug-likeness (QED) is 0.0126. The number of nitro benzene ring substituents is 2. The molecule has 0 saturated heterocycles. The second-order valence-electron chi connectivity index (χ2n) is 13.7. The number of anilines is 2. The van der Waals surface area contributed by atoms with Crippen molar-refractivity contribution < 1.29 is 237 Å². The van der Waals surface area contributed by atoms with E-state index in [2.05, 4.69) is 40.9 Å². The molecule has 6 rings (SSSR count). The number of rotatable bonds is 14. The monoisotopic (exact) mass is 1240 g/mol. The van der Waals surface area contributed by atoms with Crippen LogP contribution in [0.5, 0.6) is 11.5 Å². The molecule has 382 valence electrons. The second kappa shape index (κ2) is 31.6. The molecule has 42 heteroatoms. The summed E-state index contributed by atoms with van der Waals surface area (Å²) in [5.41, 5.74) is 23.9. The third kappa shape index (κ3) is 21.1. The van der Waals surface area contributed by atoms with E-state index in [1.54, 1.807) is 0 Å². The van der Waals surface area contributed by atoms with Crippen LogP contribution < -0.4 is 159 Å². The summed E-state index contributed by atoms with van der Waals surface area (Å²) in [4.78, 5) is 17.2.